The fraction of sp³-hybridized carbons (Fsp3) is 0.312. The summed E-state index contributed by atoms with van der Waals surface area (Å²) in [6, 6.07) is 7.08. The number of rotatable bonds is 5. The highest BCUT2D eigenvalue weighted by molar-refractivity contribution is 5.63. The third-order valence-electron chi connectivity index (χ3n) is 3.10. The van der Waals surface area contributed by atoms with Gasteiger partial charge in [-0.2, -0.15) is 13.2 Å². The van der Waals surface area contributed by atoms with Gasteiger partial charge in [0.05, 0.1) is 5.56 Å². The normalized spacial score (nSPS) is 11.6. The number of alkyl halides is 3. The number of hydrogen-bond acceptors (Lipinski definition) is 2. The first-order valence-corrected chi connectivity index (χ1v) is 6.83. The topological polar surface area (TPSA) is 24.9 Å². The van der Waals surface area contributed by atoms with Gasteiger partial charge in [0.1, 0.15) is 0 Å². The first kappa shape index (κ1) is 15.5. The number of benzene rings is 1. The van der Waals surface area contributed by atoms with Crippen molar-refractivity contribution < 1.29 is 13.2 Å². The highest BCUT2D eigenvalue weighted by atomic mass is 19.4. The zero-order valence-electron chi connectivity index (χ0n) is 11.7. The maximum absolute atomic E-state index is 12.5. The van der Waals surface area contributed by atoms with Gasteiger partial charge in [-0.1, -0.05) is 19.1 Å². The molecule has 0 saturated heterocycles. The second-order valence-corrected chi connectivity index (χ2v) is 4.83. The lowest BCUT2D eigenvalue weighted by Crippen LogP contribution is -2.13. The van der Waals surface area contributed by atoms with E-state index in [2.05, 4.69) is 17.2 Å². The summed E-state index contributed by atoms with van der Waals surface area (Å²) >= 11 is 0. The Bertz CT molecular complexity index is 577. The van der Waals surface area contributed by atoms with Crippen molar-refractivity contribution in [3.05, 3.63) is 53.9 Å². The largest absolute Gasteiger partial charge is 0.416 e. The molecule has 0 amide bonds. The molecule has 0 spiro atoms. The van der Waals surface area contributed by atoms with Crippen molar-refractivity contribution in [1.29, 1.82) is 0 Å². The first-order chi connectivity index (χ1) is 10.0. The highest BCUT2D eigenvalue weighted by Gasteiger charge is 2.29. The van der Waals surface area contributed by atoms with E-state index < -0.39 is 11.7 Å². The summed E-state index contributed by atoms with van der Waals surface area (Å²) in [7, 11) is 0. The molecule has 2 rings (SSSR count). The zero-order chi connectivity index (χ0) is 15.3. The fourth-order valence-corrected chi connectivity index (χ4v) is 2.00. The Morgan fingerprint density at radius 2 is 1.76 bits per heavy atom. The Kier molecular flexibility index (Phi) is 4.96. The summed E-state index contributed by atoms with van der Waals surface area (Å²) in [5.41, 5.74) is 1.92. The zero-order valence-corrected chi connectivity index (χ0v) is 11.7. The van der Waals surface area contributed by atoms with Gasteiger partial charge in [0.2, 0.25) is 0 Å². The van der Waals surface area contributed by atoms with Gasteiger partial charge in [0, 0.05) is 24.5 Å². The van der Waals surface area contributed by atoms with Gasteiger partial charge in [0.15, 0.2) is 0 Å². The smallest absolute Gasteiger partial charge is 0.313 e. The molecule has 112 valence electrons. The van der Waals surface area contributed by atoms with Gasteiger partial charge in [-0.3, -0.25) is 4.98 Å². The molecule has 0 saturated carbocycles. The lowest BCUT2D eigenvalue weighted by Gasteiger charge is -2.09. The van der Waals surface area contributed by atoms with Crippen LogP contribution < -0.4 is 5.32 Å². The van der Waals surface area contributed by atoms with Crippen molar-refractivity contribution in [2.24, 2.45) is 0 Å². The third-order valence-corrected chi connectivity index (χ3v) is 3.10. The van der Waals surface area contributed by atoms with Crippen LogP contribution >= 0.6 is 0 Å². The van der Waals surface area contributed by atoms with E-state index in [0.29, 0.717) is 6.54 Å². The average Bonchev–Trinajstić information content (AvgIpc) is 2.47. The highest BCUT2D eigenvalue weighted by Crippen LogP contribution is 2.30. The number of aromatic nitrogens is 1. The first-order valence-electron chi connectivity index (χ1n) is 6.83. The number of nitrogens with zero attached hydrogens (tertiary/aromatic N) is 1. The van der Waals surface area contributed by atoms with E-state index >= 15 is 0 Å². The van der Waals surface area contributed by atoms with Crippen LogP contribution in [-0.2, 0) is 12.7 Å². The van der Waals surface area contributed by atoms with Crippen LogP contribution in [0.1, 0.15) is 24.5 Å². The fourth-order valence-electron chi connectivity index (χ4n) is 2.00. The third kappa shape index (κ3) is 4.29. The van der Waals surface area contributed by atoms with Crippen LogP contribution in [0.15, 0.2) is 42.7 Å². The molecule has 1 heterocycles. The molecule has 0 aliphatic rings. The lowest BCUT2D eigenvalue weighted by atomic mass is 10.0. The molecular formula is C16H17F3N2. The predicted octanol–water partition coefficient (Wildman–Crippen LogP) is 4.27. The van der Waals surface area contributed by atoms with Gasteiger partial charge in [-0.15, -0.1) is 0 Å². The van der Waals surface area contributed by atoms with Crippen LogP contribution in [0.5, 0.6) is 0 Å². The number of halogens is 3. The average molecular weight is 294 g/mol. The Hall–Kier alpha value is -1.88. The van der Waals surface area contributed by atoms with Crippen molar-refractivity contribution >= 4 is 0 Å². The van der Waals surface area contributed by atoms with Gasteiger partial charge < -0.3 is 5.32 Å². The van der Waals surface area contributed by atoms with E-state index in [1.807, 2.05) is 6.07 Å². The van der Waals surface area contributed by atoms with Gasteiger partial charge in [0.25, 0.3) is 0 Å². The molecule has 0 fully saturated rings. The second-order valence-electron chi connectivity index (χ2n) is 4.83. The number of pyridine rings is 1. The van der Waals surface area contributed by atoms with Gasteiger partial charge >= 0.3 is 6.18 Å². The van der Waals surface area contributed by atoms with Crippen LogP contribution in [0.4, 0.5) is 13.2 Å². The minimum Gasteiger partial charge on any atom is -0.313 e. The molecule has 0 aliphatic carbocycles. The maximum Gasteiger partial charge on any atom is 0.416 e. The Morgan fingerprint density at radius 3 is 2.38 bits per heavy atom. The van der Waals surface area contributed by atoms with Gasteiger partial charge in [-0.25, -0.2) is 0 Å². The monoisotopic (exact) mass is 294 g/mol. The second kappa shape index (κ2) is 6.72. The molecule has 0 atom stereocenters. The van der Waals surface area contributed by atoms with E-state index in [-0.39, 0.29) is 0 Å². The van der Waals surface area contributed by atoms with E-state index in [1.54, 1.807) is 12.4 Å². The Morgan fingerprint density at radius 1 is 1.05 bits per heavy atom. The molecule has 2 aromatic rings. The molecular weight excluding hydrogens is 277 g/mol. The van der Waals surface area contributed by atoms with Crippen LogP contribution in [0.2, 0.25) is 0 Å². The minimum atomic E-state index is -4.30. The molecule has 0 bridgehead atoms. The van der Waals surface area contributed by atoms with Crippen molar-refractivity contribution in [3.63, 3.8) is 0 Å². The van der Waals surface area contributed by atoms with Crippen molar-refractivity contribution in [2.45, 2.75) is 26.1 Å². The Balaban J connectivity index is 2.16. The molecule has 0 unspecified atom stereocenters. The quantitative estimate of drug-likeness (QED) is 0.833. The predicted molar refractivity (Wildman–Crippen MR) is 76.7 cm³/mol. The van der Waals surface area contributed by atoms with Crippen molar-refractivity contribution in [1.82, 2.24) is 10.3 Å². The van der Waals surface area contributed by atoms with E-state index in [4.69, 9.17) is 0 Å². The maximum atomic E-state index is 12.5. The van der Waals surface area contributed by atoms with E-state index in [0.717, 1.165) is 41.8 Å². The number of nitrogens with one attached hydrogen (secondary N) is 1. The Labute approximate surface area is 122 Å². The molecule has 1 aromatic carbocycles. The standard InChI is InChI=1S/C16H17F3N2/c1-2-7-20-9-12-8-14(11-21-10-12)13-3-5-15(6-4-13)16(17,18)19/h3-6,8,10-11,20H,2,7,9H2,1H3. The summed E-state index contributed by atoms with van der Waals surface area (Å²) in [4.78, 5) is 4.15. The SMILES string of the molecule is CCCNCc1cncc(-c2ccc(C(F)(F)F)cc2)c1. The van der Waals surface area contributed by atoms with Crippen LogP contribution in [-0.4, -0.2) is 11.5 Å². The van der Waals surface area contributed by atoms with Crippen LogP contribution in [0, 0.1) is 0 Å². The molecule has 1 aromatic heterocycles. The van der Waals surface area contributed by atoms with E-state index in [1.165, 1.54) is 12.1 Å². The number of hydrogen-bond donors (Lipinski definition) is 1. The van der Waals surface area contributed by atoms with Crippen molar-refractivity contribution in [3.8, 4) is 11.1 Å². The van der Waals surface area contributed by atoms with Gasteiger partial charge in [-0.05, 0) is 42.3 Å². The summed E-state index contributed by atoms with van der Waals surface area (Å²) in [5, 5.41) is 3.27. The molecule has 0 radical (unpaired) electrons. The van der Waals surface area contributed by atoms with E-state index in [9.17, 15) is 13.2 Å². The van der Waals surface area contributed by atoms with Crippen molar-refractivity contribution in [2.75, 3.05) is 6.54 Å². The summed E-state index contributed by atoms with van der Waals surface area (Å²) in [6.07, 6.45) is 0.164. The lowest BCUT2D eigenvalue weighted by molar-refractivity contribution is -0.137. The molecule has 2 nitrogen and oxygen atoms in total. The molecule has 21 heavy (non-hydrogen) atoms. The van der Waals surface area contributed by atoms with Crippen LogP contribution in [0.25, 0.3) is 11.1 Å². The summed E-state index contributed by atoms with van der Waals surface area (Å²) in [5.74, 6) is 0. The summed E-state index contributed by atoms with van der Waals surface area (Å²) < 4.78 is 37.6. The molecule has 0 aliphatic heterocycles. The van der Waals surface area contributed by atoms with Crippen LogP contribution in [0.3, 0.4) is 0 Å². The minimum absolute atomic E-state index is 0.639. The summed E-state index contributed by atoms with van der Waals surface area (Å²) in [6.45, 7) is 3.71. The molecule has 1 N–H and O–H groups in total. The molecule has 5 heteroatoms.